The molecule has 1 heterocycles. The molecule has 1 amide bonds. The van der Waals surface area contributed by atoms with E-state index in [2.05, 4.69) is 31.1 Å². The summed E-state index contributed by atoms with van der Waals surface area (Å²) in [5, 5.41) is 13.3. The Hall–Kier alpha value is -2.08. The average Bonchev–Trinajstić information content (AvgIpc) is 2.96. The van der Waals surface area contributed by atoms with Crippen molar-refractivity contribution in [1.29, 1.82) is 0 Å². The Morgan fingerprint density at radius 2 is 2.14 bits per heavy atom. The summed E-state index contributed by atoms with van der Waals surface area (Å²) >= 11 is 1.41. The molecule has 1 aromatic heterocycles. The van der Waals surface area contributed by atoms with Crippen LogP contribution in [-0.4, -0.2) is 23.1 Å². The molecule has 2 aromatic rings. The number of rotatable bonds is 4. The number of thiazole rings is 1. The molecule has 22 heavy (non-hydrogen) atoms. The van der Waals surface area contributed by atoms with Gasteiger partial charge in [0.05, 0.1) is 18.3 Å². The van der Waals surface area contributed by atoms with Crippen molar-refractivity contribution in [2.45, 2.75) is 32.7 Å². The molecule has 0 saturated heterocycles. The second-order valence-electron chi connectivity index (χ2n) is 5.97. The van der Waals surface area contributed by atoms with Crippen LogP contribution in [0, 0.1) is 0 Å². The van der Waals surface area contributed by atoms with Gasteiger partial charge in [-0.3, -0.25) is 4.79 Å². The van der Waals surface area contributed by atoms with E-state index in [0.29, 0.717) is 17.2 Å². The number of aromatic nitrogens is 1. The normalized spacial score (nSPS) is 11.3. The lowest BCUT2D eigenvalue weighted by atomic mass is 9.98. The Bertz CT molecular complexity index is 674. The molecule has 0 aliphatic carbocycles. The Labute approximate surface area is 134 Å². The van der Waals surface area contributed by atoms with Crippen LogP contribution in [0.4, 0.5) is 0 Å². The highest BCUT2D eigenvalue weighted by Crippen LogP contribution is 2.27. The number of carbonyl (C=O) groups excluding carboxylic acids is 1. The summed E-state index contributed by atoms with van der Waals surface area (Å²) in [5.41, 5.74) is 0.789. The summed E-state index contributed by atoms with van der Waals surface area (Å²) in [6, 6.07) is 4.99. The zero-order valence-corrected chi connectivity index (χ0v) is 14.0. The van der Waals surface area contributed by atoms with Crippen LogP contribution in [0.5, 0.6) is 11.5 Å². The van der Waals surface area contributed by atoms with Gasteiger partial charge in [-0.1, -0.05) is 26.8 Å². The SMILES string of the molecule is COc1cc(CNC(=O)c2cnc(C(C)(C)C)s2)ccc1O. The molecular formula is C16H20N2O3S. The van der Waals surface area contributed by atoms with Crippen LogP contribution in [0.3, 0.4) is 0 Å². The number of phenols is 1. The van der Waals surface area contributed by atoms with Crippen LogP contribution in [-0.2, 0) is 12.0 Å². The van der Waals surface area contributed by atoms with Crippen molar-refractivity contribution >= 4 is 17.2 Å². The van der Waals surface area contributed by atoms with Crippen LogP contribution in [0.15, 0.2) is 24.4 Å². The number of aromatic hydroxyl groups is 1. The molecule has 0 bridgehead atoms. The fraction of sp³-hybridized carbons (Fsp3) is 0.375. The molecule has 2 rings (SSSR count). The minimum Gasteiger partial charge on any atom is -0.504 e. The molecular weight excluding hydrogens is 300 g/mol. The van der Waals surface area contributed by atoms with E-state index in [0.717, 1.165) is 10.6 Å². The van der Waals surface area contributed by atoms with Crippen LogP contribution >= 0.6 is 11.3 Å². The maximum absolute atomic E-state index is 12.2. The standard InChI is InChI=1S/C16H20N2O3S/c1-16(2,3)15-18-9-13(22-15)14(20)17-8-10-5-6-11(19)12(7-10)21-4/h5-7,9,19H,8H2,1-4H3,(H,17,20). The highest BCUT2D eigenvalue weighted by atomic mass is 32.1. The maximum Gasteiger partial charge on any atom is 0.263 e. The molecule has 0 aliphatic heterocycles. The molecule has 1 aromatic carbocycles. The molecule has 0 fully saturated rings. The van der Waals surface area contributed by atoms with Gasteiger partial charge in [0.2, 0.25) is 0 Å². The number of phenolic OH excluding ortho intramolecular Hbond substituents is 1. The van der Waals surface area contributed by atoms with E-state index in [1.807, 2.05) is 0 Å². The third-order valence-corrected chi connectivity index (χ3v) is 4.49. The summed E-state index contributed by atoms with van der Waals surface area (Å²) in [5.74, 6) is 0.314. The fourth-order valence-electron chi connectivity index (χ4n) is 1.83. The monoisotopic (exact) mass is 320 g/mol. The molecule has 0 saturated carbocycles. The predicted octanol–water partition coefficient (Wildman–Crippen LogP) is 3.08. The van der Waals surface area contributed by atoms with Gasteiger partial charge in [-0.05, 0) is 17.7 Å². The quantitative estimate of drug-likeness (QED) is 0.908. The topological polar surface area (TPSA) is 71.5 Å². The number of amides is 1. The van der Waals surface area contributed by atoms with E-state index in [9.17, 15) is 9.90 Å². The Morgan fingerprint density at radius 1 is 1.41 bits per heavy atom. The molecule has 0 radical (unpaired) electrons. The van der Waals surface area contributed by atoms with Crippen LogP contribution in [0.2, 0.25) is 0 Å². The van der Waals surface area contributed by atoms with Gasteiger partial charge in [0, 0.05) is 12.0 Å². The van der Waals surface area contributed by atoms with Crippen molar-refractivity contribution in [2.75, 3.05) is 7.11 Å². The highest BCUT2D eigenvalue weighted by Gasteiger charge is 2.20. The lowest BCUT2D eigenvalue weighted by Crippen LogP contribution is -2.21. The molecule has 6 heteroatoms. The molecule has 2 N–H and O–H groups in total. The summed E-state index contributed by atoms with van der Waals surface area (Å²) in [6.45, 7) is 6.56. The van der Waals surface area contributed by atoms with Gasteiger partial charge < -0.3 is 15.2 Å². The second kappa shape index (κ2) is 6.36. The summed E-state index contributed by atoms with van der Waals surface area (Å²) in [7, 11) is 1.49. The van der Waals surface area contributed by atoms with Crippen LogP contribution in [0.25, 0.3) is 0 Å². The van der Waals surface area contributed by atoms with Crippen LogP contribution in [0.1, 0.15) is 41.0 Å². The van der Waals surface area contributed by atoms with Crippen molar-refractivity contribution in [3.05, 3.63) is 39.8 Å². The first-order valence-corrected chi connectivity index (χ1v) is 7.73. The van der Waals surface area contributed by atoms with E-state index in [-0.39, 0.29) is 17.1 Å². The number of methoxy groups -OCH3 is 1. The Balaban J connectivity index is 2.02. The van der Waals surface area contributed by atoms with Crippen molar-refractivity contribution in [2.24, 2.45) is 0 Å². The zero-order valence-electron chi connectivity index (χ0n) is 13.1. The van der Waals surface area contributed by atoms with Crippen molar-refractivity contribution in [3.63, 3.8) is 0 Å². The van der Waals surface area contributed by atoms with E-state index in [1.54, 1.807) is 24.4 Å². The van der Waals surface area contributed by atoms with E-state index < -0.39 is 0 Å². The smallest absolute Gasteiger partial charge is 0.263 e. The van der Waals surface area contributed by atoms with Gasteiger partial charge in [-0.2, -0.15) is 0 Å². The first kappa shape index (κ1) is 16.3. The van der Waals surface area contributed by atoms with E-state index in [4.69, 9.17) is 4.74 Å². The molecule has 0 unspecified atom stereocenters. The first-order valence-electron chi connectivity index (χ1n) is 6.91. The lowest BCUT2D eigenvalue weighted by molar-refractivity contribution is 0.0954. The van der Waals surface area contributed by atoms with Crippen molar-refractivity contribution in [3.8, 4) is 11.5 Å². The van der Waals surface area contributed by atoms with Gasteiger partial charge in [0.1, 0.15) is 4.88 Å². The number of nitrogens with one attached hydrogen (secondary N) is 1. The van der Waals surface area contributed by atoms with Crippen molar-refractivity contribution < 1.29 is 14.6 Å². The largest absolute Gasteiger partial charge is 0.504 e. The third kappa shape index (κ3) is 3.76. The zero-order chi connectivity index (χ0) is 16.3. The predicted molar refractivity (Wildman–Crippen MR) is 86.6 cm³/mol. The number of ether oxygens (including phenoxy) is 1. The first-order chi connectivity index (χ1) is 10.3. The van der Waals surface area contributed by atoms with Gasteiger partial charge >= 0.3 is 0 Å². The number of hydrogen-bond donors (Lipinski definition) is 2. The minimum atomic E-state index is -0.153. The summed E-state index contributed by atoms with van der Waals surface area (Å²) in [4.78, 5) is 17.1. The highest BCUT2D eigenvalue weighted by molar-refractivity contribution is 7.13. The number of carbonyl (C=O) groups is 1. The minimum absolute atomic E-state index is 0.0620. The molecule has 0 spiro atoms. The summed E-state index contributed by atoms with van der Waals surface area (Å²) < 4.78 is 5.05. The van der Waals surface area contributed by atoms with Crippen LogP contribution < -0.4 is 10.1 Å². The summed E-state index contributed by atoms with van der Waals surface area (Å²) in [6.07, 6.45) is 1.61. The maximum atomic E-state index is 12.2. The third-order valence-electron chi connectivity index (χ3n) is 3.07. The average molecular weight is 320 g/mol. The Morgan fingerprint density at radius 3 is 2.73 bits per heavy atom. The van der Waals surface area contributed by atoms with E-state index >= 15 is 0 Å². The van der Waals surface area contributed by atoms with Gasteiger partial charge in [0.15, 0.2) is 11.5 Å². The number of benzene rings is 1. The van der Waals surface area contributed by atoms with Gasteiger partial charge in [-0.25, -0.2) is 4.98 Å². The molecule has 0 aliphatic rings. The van der Waals surface area contributed by atoms with Gasteiger partial charge in [0.25, 0.3) is 5.91 Å². The molecule has 118 valence electrons. The number of hydrogen-bond acceptors (Lipinski definition) is 5. The van der Waals surface area contributed by atoms with Gasteiger partial charge in [-0.15, -0.1) is 11.3 Å². The second-order valence-corrected chi connectivity index (χ2v) is 7.00. The molecule has 5 nitrogen and oxygen atoms in total. The van der Waals surface area contributed by atoms with Crippen molar-refractivity contribution in [1.82, 2.24) is 10.3 Å². The molecule has 0 atom stereocenters. The Kier molecular flexibility index (Phi) is 4.71. The number of nitrogens with zero attached hydrogens (tertiary/aromatic N) is 1. The van der Waals surface area contributed by atoms with E-state index in [1.165, 1.54) is 18.4 Å². The fourth-order valence-corrected chi connectivity index (χ4v) is 2.72. The lowest BCUT2D eigenvalue weighted by Gasteiger charge is -2.13.